The number of fused-ring (bicyclic) bond motifs is 3. The molecule has 3 aromatic heterocycles. The molecule has 0 aliphatic carbocycles. The predicted molar refractivity (Wildman–Crippen MR) is 115 cm³/mol. The summed E-state index contributed by atoms with van der Waals surface area (Å²) in [6, 6.07) is 10.8. The highest BCUT2D eigenvalue weighted by atomic mass is 16.3. The van der Waals surface area contributed by atoms with E-state index in [1.165, 1.54) is 22.4 Å². The number of pyridine rings is 2. The molecule has 4 rings (SSSR count). The van der Waals surface area contributed by atoms with E-state index >= 15 is 0 Å². The summed E-state index contributed by atoms with van der Waals surface area (Å²) in [5, 5.41) is 2.20. The van der Waals surface area contributed by atoms with Crippen LogP contribution in [-0.2, 0) is 13.5 Å². The zero-order valence-electron chi connectivity index (χ0n) is 17.7. The third kappa shape index (κ3) is 3.09. The van der Waals surface area contributed by atoms with E-state index in [2.05, 4.69) is 81.7 Å². The third-order valence-electron chi connectivity index (χ3n) is 5.52. The molecular formula is C25H29N2O+. The van der Waals surface area contributed by atoms with E-state index in [1.54, 1.807) is 6.20 Å². The van der Waals surface area contributed by atoms with Crippen LogP contribution < -0.4 is 4.57 Å². The highest BCUT2D eigenvalue weighted by Crippen LogP contribution is 2.37. The van der Waals surface area contributed by atoms with Gasteiger partial charge >= 0.3 is 0 Å². The number of hydrogen-bond acceptors (Lipinski definition) is 2. The first-order chi connectivity index (χ1) is 13.4. The molecule has 0 aliphatic rings. The van der Waals surface area contributed by atoms with Crippen molar-refractivity contribution in [2.75, 3.05) is 0 Å². The van der Waals surface area contributed by atoms with Crippen molar-refractivity contribution in [1.82, 2.24) is 4.98 Å². The van der Waals surface area contributed by atoms with Crippen molar-refractivity contribution < 1.29 is 8.98 Å². The molecule has 0 unspecified atom stereocenters. The molecule has 3 heteroatoms. The van der Waals surface area contributed by atoms with Gasteiger partial charge in [-0.3, -0.25) is 0 Å². The van der Waals surface area contributed by atoms with E-state index in [-0.39, 0.29) is 0 Å². The SMILES string of the molecule is Cc1ccc2c(oc3ncccc32)c1-c1cc(C(C)C)c(CC(C)C)c[n+]1C. The van der Waals surface area contributed by atoms with Crippen molar-refractivity contribution in [2.45, 2.75) is 47.0 Å². The van der Waals surface area contributed by atoms with Crippen molar-refractivity contribution >= 4 is 22.1 Å². The first-order valence-electron chi connectivity index (χ1n) is 10.2. The van der Waals surface area contributed by atoms with E-state index < -0.39 is 0 Å². The van der Waals surface area contributed by atoms with E-state index in [0.717, 1.165) is 28.3 Å². The molecule has 3 nitrogen and oxygen atoms in total. The average Bonchev–Trinajstić information content (AvgIpc) is 3.00. The smallest absolute Gasteiger partial charge is 0.227 e. The van der Waals surface area contributed by atoms with Gasteiger partial charge in [-0.15, -0.1) is 0 Å². The van der Waals surface area contributed by atoms with Crippen molar-refractivity contribution in [3.05, 3.63) is 59.4 Å². The monoisotopic (exact) mass is 373 g/mol. The highest BCUT2D eigenvalue weighted by Gasteiger charge is 2.24. The minimum Gasteiger partial charge on any atom is -0.437 e. The molecule has 0 fully saturated rings. The Bertz CT molecular complexity index is 1170. The molecule has 144 valence electrons. The van der Waals surface area contributed by atoms with Crippen LogP contribution in [0.3, 0.4) is 0 Å². The van der Waals surface area contributed by atoms with E-state index in [1.807, 2.05) is 6.07 Å². The second-order valence-corrected chi connectivity index (χ2v) is 8.60. The summed E-state index contributed by atoms with van der Waals surface area (Å²) in [6.45, 7) is 11.3. The summed E-state index contributed by atoms with van der Waals surface area (Å²) in [7, 11) is 2.14. The van der Waals surface area contributed by atoms with Crippen LogP contribution in [0.25, 0.3) is 33.3 Å². The maximum atomic E-state index is 6.24. The Balaban J connectivity index is 2.02. The maximum Gasteiger partial charge on any atom is 0.227 e. The molecule has 0 saturated heterocycles. The topological polar surface area (TPSA) is 29.9 Å². The van der Waals surface area contributed by atoms with E-state index in [4.69, 9.17) is 4.42 Å². The summed E-state index contributed by atoms with van der Waals surface area (Å²) in [4.78, 5) is 4.42. The number of aryl methyl sites for hydroxylation is 2. The number of aromatic nitrogens is 2. The van der Waals surface area contributed by atoms with Gasteiger partial charge in [0.05, 0.1) is 5.56 Å². The fourth-order valence-electron chi connectivity index (χ4n) is 4.21. The largest absolute Gasteiger partial charge is 0.437 e. The lowest BCUT2D eigenvalue weighted by molar-refractivity contribution is -0.660. The van der Waals surface area contributed by atoms with Gasteiger partial charge in [0, 0.05) is 28.6 Å². The van der Waals surface area contributed by atoms with Crippen molar-refractivity contribution in [2.24, 2.45) is 13.0 Å². The van der Waals surface area contributed by atoms with Gasteiger partial charge < -0.3 is 4.42 Å². The molecule has 0 radical (unpaired) electrons. The molecule has 0 aliphatic heterocycles. The number of furan rings is 1. The predicted octanol–water partition coefficient (Wildman–Crippen LogP) is 6.10. The summed E-state index contributed by atoms with van der Waals surface area (Å²) >= 11 is 0. The second-order valence-electron chi connectivity index (χ2n) is 8.60. The van der Waals surface area contributed by atoms with Gasteiger partial charge in [0.25, 0.3) is 0 Å². The summed E-state index contributed by atoms with van der Waals surface area (Å²) < 4.78 is 8.50. The molecule has 0 spiro atoms. The van der Waals surface area contributed by atoms with Crippen LogP contribution in [-0.4, -0.2) is 4.98 Å². The normalized spacial score (nSPS) is 12.0. The average molecular weight is 374 g/mol. The molecule has 3 heterocycles. The lowest BCUT2D eigenvalue weighted by Gasteiger charge is -2.15. The lowest BCUT2D eigenvalue weighted by Crippen LogP contribution is -2.32. The third-order valence-corrected chi connectivity index (χ3v) is 5.52. The zero-order chi connectivity index (χ0) is 20.0. The van der Waals surface area contributed by atoms with Crippen molar-refractivity contribution in [1.29, 1.82) is 0 Å². The van der Waals surface area contributed by atoms with E-state index in [9.17, 15) is 0 Å². The summed E-state index contributed by atoms with van der Waals surface area (Å²) in [5.74, 6) is 1.11. The number of nitrogens with zero attached hydrogens (tertiary/aromatic N) is 2. The Kier molecular flexibility index (Phi) is 4.70. The molecule has 1 aromatic carbocycles. The van der Waals surface area contributed by atoms with Gasteiger partial charge in [0.15, 0.2) is 11.8 Å². The Labute approximate surface area is 167 Å². The van der Waals surface area contributed by atoms with Crippen LogP contribution in [0.1, 0.15) is 50.3 Å². The standard InChI is InChI=1S/C25H29N2O/c1-15(2)12-18-14-27(6)22(13-21(18)16(3)4)23-17(5)9-10-19-20-8-7-11-26-25(20)28-24(19)23/h7-11,13-16H,12H2,1-6H3/q+1. The Morgan fingerprint density at radius 1 is 1.07 bits per heavy atom. The molecule has 0 amide bonds. The summed E-state index contributed by atoms with van der Waals surface area (Å²) in [5.41, 5.74) is 8.06. The fourth-order valence-corrected chi connectivity index (χ4v) is 4.21. The Morgan fingerprint density at radius 3 is 2.57 bits per heavy atom. The van der Waals surface area contributed by atoms with Gasteiger partial charge in [-0.2, -0.15) is 0 Å². The first kappa shape index (κ1) is 18.7. The Morgan fingerprint density at radius 2 is 1.86 bits per heavy atom. The molecule has 0 bridgehead atoms. The number of rotatable bonds is 4. The van der Waals surface area contributed by atoms with Crippen LogP contribution in [0.2, 0.25) is 0 Å². The Hall–Kier alpha value is -2.68. The van der Waals surface area contributed by atoms with Crippen LogP contribution in [0.15, 0.2) is 47.1 Å². The van der Waals surface area contributed by atoms with Crippen LogP contribution in [0, 0.1) is 12.8 Å². The number of hydrogen-bond donors (Lipinski definition) is 0. The zero-order valence-corrected chi connectivity index (χ0v) is 17.7. The molecule has 0 N–H and O–H groups in total. The van der Waals surface area contributed by atoms with Gasteiger partial charge in [-0.1, -0.05) is 39.8 Å². The van der Waals surface area contributed by atoms with Gasteiger partial charge in [0.2, 0.25) is 11.4 Å². The van der Waals surface area contributed by atoms with Gasteiger partial charge in [-0.25, -0.2) is 9.55 Å². The molecule has 0 saturated carbocycles. The molecular weight excluding hydrogens is 344 g/mol. The molecule has 28 heavy (non-hydrogen) atoms. The van der Waals surface area contributed by atoms with E-state index in [0.29, 0.717) is 17.5 Å². The molecule has 0 atom stereocenters. The lowest BCUT2D eigenvalue weighted by atomic mass is 9.91. The minimum atomic E-state index is 0.477. The van der Waals surface area contributed by atoms with Crippen LogP contribution >= 0.6 is 0 Å². The van der Waals surface area contributed by atoms with Crippen LogP contribution in [0.4, 0.5) is 0 Å². The van der Waals surface area contributed by atoms with Crippen molar-refractivity contribution in [3.63, 3.8) is 0 Å². The number of benzene rings is 1. The first-order valence-corrected chi connectivity index (χ1v) is 10.2. The van der Waals surface area contributed by atoms with Gasteiger partial charge in [0.1, 0.15) is 7.05 Å². The maximum absolute atomic E-state index is 6.24. The molecule has 4 aromatic rings. The fraction of sp³-hybridized carbons (Fsp3) is 0.360. The van der Waals surface area contributed by atoms with Crippen LogP contribution in [0.5, 0.6) is 0 Å². The highest BCUT2D eigenvalue weighted by molar-refractivity contribution is 6.08. The van der Waals surface area contributed by atoms with Gasteiger partial charge in [-0.05, 0) is 48.4 Å². The minimum absolute atomic E-state index is 0.477. The quantitative estimate of drug-likeness (QED) is 0.404. The second kappa shape index (κ2) is 7.05. The summed E-state index contributed by atoms with van der Waals surface area (Å²) in [6.07, 6.45) is 5.19. The van der Waals surface area contributed by atoms with Crippen molar-refractivity contribution in [3.8, 4) is 11.3 Å².